The molecule has 1 aliphatic carbocycles. The Hall–Kier alpha value is -2.54. The van der Waals surface area contributed by atoms with Crippen molar-refractivity contribution in [3.63, 3.8) is 0 Å². The average Bonchev–Trinajstić information content (AvgIpc) is 3.12. The zero-order valence-electron chi connectivity index (χ0n) is 12.6. The molecule has 6 nitrogen and oxygen atoms in total. The van der Waals surface area contributed by atoms with E-state index in [0.717, 1.165) is 23.0 Å². The lowest BCUT2D eigenvalue weighted by Gasteiger charge is -2.08. The van der Waals surface area contributed by atoms with Crippen LogP contribution in [0.5, 0.6) is 0 Å². The van der Waals surface area contributed by atoms with Gasteiger partial charge in [-0.15, -0.1) is 5.10 Å². The molecule has 0 spiro atoms. The van der Waals surface area contributed by atoms with Gasteiger partial charge < -0.3 is 11.1 Å². The van der Waals surface area contributed by atoms with E-state index >= 15 is 0 Å². The van der Waals surface area contributed by atoms with Gasteiger partial charge in [0, 0.05) is 5.69 Å². The molecule has 2 aromatic rings. The van der Waals surface area contributed by atoms with Crippen molar-refractivity contribution < 1.29 is 0 Å². The van der Waals surface area contributed by atoms with Crippen molar-refractivity contribution in [3.05, 3.63) is 53.8 Å². The maximum absolute atomic E-state index is 6.01. The van der Waals surface area contributed by atoms with Crippen molar-refractivity contribution in [2.75, 3.05) is 11.1 Å². The van der Waals surface area contributed by atoms with Gasteiger partial charge in [-0.05, 0) is 31.6 Å². The van der Waals surface area contributed by atoms with E-state index in [4.69, 9.17) is 5.73 Å². The summed E-state index contributed by atoms with van der Waals surface area (Å²) in [6.07, 6.45) is 7.20. The second-order valence-corrected chi connectivity index (χ2v) is 6.62. The fourth-order valence-corrected chi connectivity index (χ4v) is 3.57. The van der Waals surface area contributed by atoms with Crippen LogP contribution in [0.25, 0.3) is 0 Å². The molecule has 1 aromatic carbocycles. The molecule has 2 aliphatic rings. The molecule has 7 heteroatoms. The van der Waals surface area contributed by atoms with Gasteiger partial charge in [0.05, 0.1) is 10.9 Å². The highest BCUT2D eigenvalue weighted by atomic mass is 32.2. The molecular weight excluding hydrogens is 308 g/mol. The largest absolute Gasteiger partial charge is 0.368 e. The second kappa shape index (κ2) is 5.58. The Bertz CT molecular complexity index is 831. The molecule has 0 bridgehead atoms. The number of nitrogen functional groups attached to an aromatic ring is 1. The monoisotopic (exact) mass is 324 g/mol. The molecule has 0 saturated carbocycles. The molecular formula is C16H16N6S. The van der Waals surface area contributed by atoms with E-state index in [2.05, 4.69) is 26.5 Å². The predicted molar refractivity (Wildman–Crippen MR) is 94.9 cm³/mol. The first kappa shape index (κ1) is 14.1. The number of aliphatic imine (C=N–C) groups is 1. The topological polar surface area (TPSA) is 81.1 Å². The summed E-state index contributed by atoms with van der Waals surface area (Å²) in [7, 11) is 0. The number of nitrogens with two attached hydrogens (primary N) is 1. The van der Waals surface area contributed by atoms with Gasteiger partial charge in [0.2, 0.25) is 11.9 Å². The first-order valence-electron chi connectivity index (χ1n) is 7.38. The summed E-state index contributed by atoms with van der Waals surface area (Å²) in [4.78, 5) is 8.89. The van der Waals surface area contributed by atoms with Crippen molar-refractivity contribution in [3.8, 4) is 0 Å². The van der Waals surface area contributed by atoms with Crippen molar-refractivity contribution in [2.45, 2.75) is 18.6 Å². The molecule has 0 amide bonds. The summed E-state index contributed by atoms with van der Waals surface area (Å²) >= 11 is 1.67. The number of thioether (sulfide) groups is 1. The number of aryl methyl sites for hydroxylation is 1. The van der Waals surface area contributed by atoms with E-state index in [9.17, 15) is 0 Å². The van der Waals surface area contributed by atoms with Gasteiger partial charge in [0.1, 0.15) is 0 Å². The summed E-state index contributed by atoms with van der Waals surface area (Å²) in [6.45, 7) is 2.05. The summed E-state index contributed by atoms with van der Waals surface area (Å²) in [5, 5.41) is 8.73. The van der Waals surface area contributed by atoms with E-state index in [1.807, 2.05) is 43.3 Å². The normalized spacial score (nSPS) is 19.3. The average molecular weight is 324 g/mol. The number of anilines is 3. The van der Waals surface area contributed by atoms with Crippen LogP contribution in [0.1, 0.15) is 12.0 Å². The van der Waals surface area contributed by atoms with E-state index in [-0.39, 0.29) is 0 Å². The summed E-state index contributed by atoms with van der Waals surface area (Å²) in [6, 6.07) is 8.03. The van der Waals surface area contributed by atoms with E-state index in [0.29, 0.717) is 17.1 Å². The first-order chi connectivity index (χ1) is 11.2. The number of fused-ring (bicyclic) bond motifs is 1. The zero-order chi connectivity index (χ0) is 15.8. The van der Waals surface area contributed by atoms with Crippen LogP contribution in [0.2, 0.25) is 0 Å². The van der Waals surface area contributed by atoms with E-state index in [1.165, 1.54) is 5.56 Å². The molecule has 1 aromatic heterocycles. The van der Waals surface area contributed by atoms with Crippen LogP contribution in [-0.2, 0) is 0 Å². The summed E-state index contributed by atoms with van der Waals surface area (Å²) in [5.74, 6) is 0.801. The number of allylic oxidation sites excluding steroid dienone is 3. The predicted octanol–water partition coefficient (Wildman–Crippen LogP) is 3.08. The maximum atomic E-state index is 6.01. The molecule has 0 radical (unpaired) electrons. The fourth-order valence-electron chi connectivity index (χ4n) is 2.46. The molecule has 4 rings (SSSR count). The highest BCUT2D eigenvalue weighted by molar-refractivity contribution is 8.14. The highest BCUT2D eigenvalue weighted by Crippen LogP contribution is 2.35. The van der Waals surface area contributed by atoms with Crippen LogP contribution in [0.3, 0.4) is 0 Å². The standard InChI is InChI=1S/C16H16N6S/c1-10-6-8-11(9-7-10)18-15-20-14(17)22(21-15)16-19-12-4-2-3-5-13(12)23-16/h2-4,6-9,13H,5H2,1H3,(H3,17,18,20,21). The lowest BCUT2D eigenvalue weighted by atomic mass is 10.1. The Balaban J connectivity index is 1.58. The maximum Gasteiger partial charge on any atom is 0.248 e. The van der Waals surface area contributed by atoms with E-state index < -0.39 is 0 Å². The lowest BCUT2D eigenvalue weighted by molar-refractivity contribution is 0.952. The van der Waals surface area contributed by atoms with Crippen molar-refractivity contribution >= 4 is 34.5 Å². The molecule has 2 heterocycles. The SMILES string of the molecule is Cc1ccc(Nc2nc(N)n(C3=NC4=CC=CCC4S3)n2)cc1. The molecule has 3 N–H and O–H groups in total. The van der Waals surface area contributed by atoms with Crippen LogP contribution in [0.15, 0.2) is 53.2 Å². The number of rotatable bonds is 2. The Kier molecular flexibility index (Phi) is 3.42. The molecule has 1 atom stereocenters. The lowest BCUT2D eigenvalue weighted by Crippen LogP contribution is -2.12. The Morgan fingerprint density at radius 3 is 2.91 bits per heavy atom. The van der Waals surface area contributed by atoms with Gasteiger partial charge in [0.15, 0.2) is 5.17 Å². The number of nitrogens with one attached hydrogen (secondary N) is 1. The molecule has 0 saturated heterocycles. The van der Waals surface area contributed by atoms with Crippen molar-refractivity contribution in [2.24, 2.45) is 4.99 Å². The van der Waals surface area contributed by atoms with Gasteiger partial charge in [0.25, 0.3) is 0 Å². The van der Waals surface area contributed by atoms with Gasteiger partial charge in [-0.1, -0.05) is 41.6 Å². The zero-order valence-corrected chi connectivity index (χ0v) is 13.4. The third kappa shape index (κ3) is 2.75. The fraction of sp³-hybridized carbons (Fsp3) is 0.188. The third-order valence-corrected chi connectivity index (χ3v) is 4.87. The van der Waals surface area contributed by atoms with Crippen LogP contribution in [0.4, 0.5) is 17.6 Å². The van der Waals surface area contributed by atoms with Crippen LogP contribution >= 0.6 is 11.8 Å². The molecule has 1 aliphatic heterocycles. The second-order valence-electron chi connectivity index (χ2n) is 5.45. The summed E-state index contributed by atoms with van der Waals surface area (Å²) < 4.78 is 1.60. The minimum atomic E-state index is 0.332. The number of hydrogen-bond acceptors (Lipinski definition) is 6. The number of hydrogen-bond donors (Lipinski definition) is 2. The van der Waals surface area contributed by atoms with Crippen LogP contribution < -0.4 is 11.1 Å². The third-order valence-electron chi connectivity index (χ3n) is 3.68. The van der Waals surface area contributed by atoms with Crippen LogP contribution in [-0.4, -0.2) is 25.2 Å². The van der Waals surface area contributed by atoms with Crippen molar-refractivity contribution in [1.29, 1.82) is 0 Å². The number of aromatic nitrogens is 3. The Morgan fingerprint density at radius 2 is 2.13 bits per heavy atom. The molecule has 23 heavy (non-hydrogen) atoms. The Morgan fingerprint density at radius 1 is 1.30 bits per heavy atom. The molecule has 116 valence electrons. The van der Waals surface area contributed by atoms with Crippen LogP contribution in [0, 0.1) is 6.92 Å². The summed E-state index contributed by atoms with van der Waals surface area (Å²) in [5.41, 5.74) is 9.20. The van der Waals surface area contributed by atoms with Gasteiger partial charge in [-0.2, -0.15) is 9.67 Å². The van der Waals surface area contributed by atoms with Gasteiger partial charge in [-0.25, -0.2) is 4.99 Å². The van der Waals surface area contributed by atoms with Gasteiger partial charge in [-0.3, -0.25) is 0 Å². The van der Waals surface area contributed by atoms with E-state index in [1.54, 1.807) is 16.4 Å². The van der Waals surface area contributed by atoms with Crippen molar-refractivity contribution in [1.82, 2.24) is 14.8 Å². The molecule has 1 unspecified atom stereocenters. The highest BCUT2D eigenvalue weighted by Gasteiger charge is 2.28. The smallest absolute Gasteiger partial charge is 0.248 e. The Labute approximate surface area is 138 Å². The van der Waals surface area contributed by atoms with Gasteiger partial charge >= 0.3 is 0 Å². The minimum Gasteiger partial charge on any atom is -0.368 e. The molecule has 0 fully saturated rings. The quantitative estimate of drug-likeness (QED) is 0.887. The number of nitrogens with zero attached hydrogens (tertiary/aromatic N) is 4. The number of benzene rings is 1. The first-order valence-corrected chi connectivity index (χ1v) is 8.26. The minimum absolute atomic E-state index is 0.332.